The predicted molar refractivity (Wildman–Crippen MR) is 82.0 cm³/mol. The van der Waals surface area contributed by atoms with E-state index in [2.05, 4.69) is 42.5 Å². The fourth-order valence-electron chi connectivity index (χ4n) is 2.57. The number of nitrogens with zero attached hydrogens (tertiary/aromatic N) is 2. The van der Waals surface area contributed by atoms with E-state index >= 15 is 0 Å². The molecule has 2 rings (SSSR count). The van der Waals surface area contributed by atoms with Gasteiger partial charge in [-0.3, -0.25) is 4.68 Å². The molecule has 2 aromatic rings. The molecule has 108 valence electrons. The van der Waals surface area contributed by atoms with Gasteiger partial charge in [-0.2, -0.15) is 5.10 Å². The van der Waals surface area contributed by atoms with Crippen molar-refractivity contribution in [3.63, 3.8) is 0 Å². The van der Waals surface area contributed by atoms with Crippen molar-refractivity contribution in [3.8, 4) is 0 Å². The van der Waals surface area contributed by atoms with Crippen molar-refractivity contribution in [2.45, 2.75) is 40.8 Å². The maximum absolute atomic E-state index is 9.04. The first-order chi connectivity index (χ1) is 9.51. The molecule has 1 aromatic heterocycles. The molecule has 0 amide bonds. The fourth-order valence-corrected chi connectivity index (χ4v) is 2.57. The summed E-state index contributed by atoms with van der Waals surface area (Å²) in [6.07, 6.45) is 0. The Kier molecular flexibility index (Phi) is 4.45. The Hall–Kier alpha value is -1.81. The number of aliphatic hydroxyl groups excluding tert-OH is 1. The molecule has 0 aliphatic rings. The van der Waals surface area contributed by atoms with Crippen LogP contribution < -0.4 is 5.32 Å². The second-order valence-corrected chi connectivity index (χ2v) is 5.33. The summed E-state index contributed by atoms with van der Waals surface area (Å²) >= 11 is 0. The smallest absolute Gasteiger partial charge is 0.0646 e. The average Bonchev–Trinajstić information content (AvgIpc) is 2.62. The van der Waals surface area contributed by atoms with Gasteiger partial charge in [-0.15, -0.1) is 0 Å². The lowest BCUT2D eigenvalue weighted by Crippen LogP contribution is -2.07. The SMILES string of the molecule is Cc1cc(C)cc(NCc2c(C)nn(CCO)c2C)c1. The number of rotatable bonds is 5. The number of benzene rings is 1. The van der Waals surface area contributed by atoms with Crippen molar-refractivity contribution < 1.29 is 5.11 Å². The van der Waals surface area contributed by atoms with Crippen LogP contribution in [0.3, 0.4) is 0 Å². The highest BCUT2D eigenvalue weighted by atomic mass is 16.3. The van der Waals surface area contributed by atoms with Gasteiger partial charge in [0.25, 0.3) is 0 Å². The van der Waals surface area contributed by atoms with Crippen molar-refractivity contribution >= 4 is 5.69 Å². The third kappa shape index (κ3) is 3.20. The minimum absolute atomic E-state index is 0.117. The van der Waals surface area contributed by atoms with Crippen LogP contribution in [0, 0.1) is 27.7 Å². The maximum atomic E-state index is 9.04. The van der Waals surface area contributed by atoms with Crippen LogP contribution in [0.15, 0.2) is 18.2 Å². The van der Waals surface area contributed by atoms with E-state index in [9.17, 15) is 0 Å². The second kappa shape index (κ2) is 6.09. The van der Waals surface area contributed by atoms with Gasteiger partial charge in [-0.1, -0.05) is 6.07 Å². The summed E-state index contributed by atoms with van der Waals surface area (Å²) in [5, 5.41) is 17.0. The summed E-state index contributed by atoms with van der Waals surface area (Å²) in [5.41, 5.74) is 7.00. The summed E-state index contributed by atoms with van der Waals surface area (Å²) < 4.78 is 1.87. The van der Waals surface area contributed by atoms with Crippen LogP contribution in [-0.4, -0.2) is 21.5 Å². The third-order valence-corrected chi connectivity index (χ3v) is 3.53. The average molecular weight is 273 g/mol. The molecule has 0 fully saturated rings. The number of hydrogen-bond acceptors (Lipinski definition) is 3. The largest absolute Gasteiger partial charge is 0.394 e. The van der Waals surface area contributed by atoms with Gasteiger partial charge in [0.2, 0.25) is 0 Å². The molecule has 1 heterocycles. The summed E-state index contributed by atoms with van der Waals surface area (Å²) in [5.74, 6) is 0. The van der Waals surface area contributed by atoms with Gasteiger partial charge in [-0.25, -0.2) is 0 Å². The van der Waals surface area contributed by atoms with Gasteiger partial charge in [0, 0.05) is 23.5 Å². The number of hydrogen-bond donors (Lipinski definition) is 2. The minimum Gasteiger partial charge on any atom is -0.394 e. The molecule has 0 saturated carbocycles. The topological polar surface area (TPSA) is 50.1 Å². The first kappa shape index (κ1) is 14.6. The fraction of sp³-hybridized carbons (Fsp3) is 0.438. The number of nitrogens with one attached hydrogen (secondary N) is 1. The lowest BCUT2D eigenvalue weighted by atomic mass is 10.1. The van der Waals surface area contributed by atoms with E-state index in [1.165, 1.54) is 16.7 Å². The quantitative estimate of drug-likeness (QED) is 0.880. The molecule has 0 saturated heterocycles. The Morgan fingerprint density at radius 1 is 1.10 bits per heavy atom. The van der Waals surface area contributed by atoms with Crippen LogP contribution in [0.5, 0.6) is 0 Å². The highest BCUT2D eigenvalue weighted by Gasteiger charge is 2.10. The predicted octanol–water partition coefficient (Wildman–Crippen LogP) is 2.72. The maximum Gasteiger partial charge on any atom is 0.0646 e. The van der Waals surface area contributed by atoms with Crippen LogP contribution in [0.4, 0.5) is 5.69 Å². The van der Waals surface area contributed by atoms with Gasteiger partial charge < -0.3 is 10.4 Å². The molecule has 0 atom stereocenters. The normalized spacial score (nSPS) is 10.8. The summed E-state index contributed by atoms with van der Waals surface area (Å²) in [6, 6.07) is 6.46. The van der Waals surface area contributed by atoms with Crippen LogP contribution in [0.2, 0.25) is 0 Å². The zero-order valence-corrected chi connectivity index (χ0v) is 12.7. The number of aryl methyl sites for hydroxylation is 3. The molecule has 0 aliphatic carbocycles. The van der Waals surface area contributed by atoms with Gasteiger partial charge in [-0.05, 0) is 51.0 Å². The summed E-state index contributed by atoms with van der Waals surface area (Å²) in [4.78, 5) is 0. The van der Waals surface area contributed by atoms with E-state index in [1.807, 2.05) is 18.5 Å². The van der Waals surface area contributed by atoms with Crippen LogP contribution in [0.25, 0.3) is 0 Å². The van der Waals surface area contributed by atoms with Crippen molar-refractivity contribution in [2.75, 3.05) is 11.9 Å². The molecule has 2 N–H and O–H groups in total. The standard InChI is InChI=1S/C16H23N3O/c1-11-7-12(2)9-15(8-11)17-10-16-13(3)18-19(5-6-20)14(16)4/h7-9,17,20H,5-6,10H2,1-4H3. The van der Waals surface area contributed by atoms with Gasteiger partial charge in [0.1, 0.15) is 0 Å². The van der Waals surface area contributed by atoms with Crippen molar-refractivity contribution in [1.82, 2.24) is 9.78 Å². The molecule has 20 heavy (non-hydrogen) atoms. The lowest BCUT2D eigenvalue weighted by Gasteiger charge is -2.09. The second-order valence-electron chi connectivity index (χ2n) is 5.33. The van der Waals surface area contributed by atoms with E-state index in [0.717, 1.165) is 23.6 Å². The van der Waals surface area contributed by atoms with Crippen molar-refractivity contribution in [3.05, 3.63) is 46.3 Å². The number of aromatic nitrogens is 2. The molecular weight excluding hydrogens is 250 g/mol. The minimum atomic E-state index is 0.117. The summed E-state index contributed by atoms with van der Waals surface area (Å²) in [7, 11) is 0. The van der Waals surface area contributed by atoms with Gasteiger partial charge in [0.15, 0.2) is 0 Å². The van der Waals surface area contributed by atoms with Crippen LogP contribution >= 0.6 is 0 Å². The van der Waals surface area contributed by atoms with Crippen LogP contribution in [-0.2, 0) is 13.1 Å². The zero-order chi connectivity index (χ0) is 14.7. The molecule has 0 aliphatic heterocycles. The van der Waals surface area contributed by atoms with E-state index in [0.29, 0.717) is 6.54 Å². The van der Waals surface area contributed by atoms with Gasteiger partial charge in [0.05, 0.1) is 18.8 Å². The molecule has 4 heteroatoms. The molecule has 4 nitrogen and oxygen atoms in total. The van der Waals surface area contributed by atoms with Gasteiger partial charge >= 0.3 is 0 Å². The van der Waals surface area contributed by atoms with E-state index in [-0.39, 0.29) is 6.61 Å². The Bertz CT molecular complexity index is 582. The number of anilines is 1. The Balaban J connectivity index is 2.14. The molecule has 0 spiro atoms. The monoisotopic (exact) mass is 273 g/mol. The van der Waals surface area contributed by atoms with Crippen molar-refractivity contribution in [1.29, 1.82) is 0 Å². The first-order valence-corrected chi connectivity index (χ1v) is 6.97. The lowest BCUT2D eigenvalue weighted by molar-refractivity contribution is 0.268. The summed E-state index contributed by atoms with van der Waals surface area (Å²) in [6.45, 7) is 9.70. The third-order valence-electron chi connectivity index (χ3n) is 3.53. The molecule has 0 bridgehead atoms. The first-order valence-electron chi connectivity index (χ1n) is 6.97. The highest BCUT2D eigenvalue weighted by molar-refractivity contribution is 5.49. The molecule has 1 aromatic carbocycles. The zero-order valence-electron chi connectivity index (χ0n) is 12.7. The highest BCUT2D eigenvalue weighted by Crippen LogP contribution is 2.18. The number of aliphatic hydroxyl groups is 1. The van der Waals surface area contributed by atoms with E-state index < -0.39 is 0 Å². The molecule has 0 unspecified atom stereocenters. The molecular formula is C16H23N3O. The Morgan fingerprint density at radius 2 is 1.75 bits per heavy atom. The van der Waals surface area contributed by atoms with E-state index in [4.69, 9.17) is 5.11 Å². The molecule has 0 radical (unpaired) electrons. The van der Waals surface area contributed by atoms with E-state index in [1.54, 1.807) is 0 Å². The Morgan fingerprint density at radius 3 is 2.35 bits per heavy atom. The van der Waals surface area contributed by atoms with Crippen molar-refractivity contribution in [2.24, 2.45) is 0 Å². The Labute approximate surface area is 120 Å². The van der Waals surface area contributed by atoms with Crippen LogP contribution in [0.1, 0.15) is 28.1 Å².